The Labute approximate surface area is 116 Å². The lowest BCUT2D eigenvalue weighted by Gasteiger charge is -1.91. The van der Waals surface area contributed by atoms with Crippen LogP contribution in [-0.4, -0.2) is 5.78 Å². The quantitative estimate of drug-likeness (QED) is 0.739. The maximum atomic E-state index is 12.1. The van der Waals surface area contributed by atoms with Crippen LogP contribution in [0.5, 0.6) is 0 Å². The third-order valence-electron chi connectivity index (χ3n) is 2.91. The molecule has 0 N–H and O–H groups in total. The largest absolute Gasteiger partial charge is 0.288 e. The molecule has 19 heavy (non-hydrogen) atoms. The molecule has 0 atom stereocenters. The normalized spacial score (nSPS) is 16.2. The van der Waals surface area contributed by atoms with Crippen molar-refractivity contribution in [3.05, 3.63) is 82.8 Å². The fourth-order valence-electron chi connectivity index (χ4n) is 1.96. The van der Waals surface area contributed by atoms with Crippen molar-refractivity contribution in [1.29, 1.82) is 0 Å². The van der Waals surface area contributed by atoms with Crippen LogP contribution < -0.4 is 0 Å². The van der Waals surface area contributed by atoms with Gasteiger partial charge in [-0.1, -0.05) is 66.4 Å². The zero-order valence-corrected chi connectivity index (χ0v) is 11.1. The van der Waals surface area contributed by atoms with Crippen molar-refractivity contribution in [2.24, 2.45) is 0 Å². The van der Waals surface area contributed by atoms with E-state index >= 15 is 0 Å². The highest BCUT2D eigenvalue weighted by atomic mass is 32.2. The number of ketones is 1. The minimum Gasteiger partial charge on any atom is -0.288 e. The van der Waals surface area contributed by atoms with Crippen LogP contribution >= 0.6 is 11.8 Å². The second kappa shape index (κ2) is 5.29. The molecular weight excluding hydrogens is 252 g/mol. The summed E-state index contributed by atoms with van der Waals surface area (Å²) in [5.74, 6) is 0.123. The highest BCUT2D eigenvalue weighted by Crippen LogP contribution is 2.39. The molecule has 0 saturated heterocycles. The molecule has 1 nitrogen and oxygen atoms in total. The Morgan fingerprint density at radius 3 is 2.42 bits per heavy atom. The van der Waals surface area contributed by atoms with Gasteiger partial charge >= 0.3 is 0 Å². The number of hydrogen-bond acceptors (Lipinski definition) is 2. The van der Waals surface area contributed by atoms with Crippen molar-refractivity contribution in [2.75, 3.05) is 0 Å². The lowest BCUT2D eigenvalue weighted by atomic mass is 10.1. The fourth-order valence-corrected chi connectivity index (χ4v) is 2.96. The molecule has 1 aliphatic heterocycles. The van der Waals surface area contributed by atoms with Crippen molar-refractivity contribution >= 4 is 23.6 Å². The summed E-state index contributed by atoms with van der Waals surface area (Å²) in [6, 6.07) is 17.8. The summed E-state index contributed by atoms with van der Waals surface area (Å²) < 4.78 is 0. The molecule has 92 valence electrons. The predicted octanol–water partition coefficient (Wildman–Crippen LogP) is 4.57. The molecule has 2 heteroatoms. The Morgan fingerprint density at radius 1 is 0.895 bits per heavy atom. The van der Waals surface area contributed by atoms with Crippen molar-refractivity contribution in [1.82, 2.24) is 0 Å². The second-order valence-corrected chi connectivity index (χ2v) is 5.31. The molecule has 0 aliphatic carbocycles. The van der Waals surface area contributed by atoms with E-state index in [1.54, 1.807) is 0 Å². The van der Waals surface area contributed by atoms with Crippen LogP contribution in [0.2, 0.25) is 0 Å². The summed E-state index contributed by atoms with van der Waals surface area (Å²) in [7, 11) is 0. The van der Waals surface area contributed by atoms with Crippen molar-refractivity contribution in [3.63, 3.8) is 0 Å². The molecule has 0 bridgehead atoms. The van der Waals surface area contributed by atoms with E-state index in [1.165, 1.54) is 11.8 Å². The van der Waals surface area contributed by atoms with E-state index in [0.717, 1.165) is 20.9 Å². The summed E-state index contributed by atoms with van der Waals surface area (Å²) in [6.07, 6.45) is 5.82. The smallest absolute Gasteiger partial charge is 0.200 e. The Kier molecular flexibility index (Phi) is 3.34. The molecule has 1 aliphatic rings. The van der Waals surface area contributed by atoms with Gasteiger partial charge in [-0.3, -0.25) is 4.79 Å². The number of carbonyl (C=O) groups is 1. The molecule has 2 aromatic carbocycles. The monoisotopic (exact) mass is 264 g/mol. The molecule has 0 unspecified atom stereocenters. The molecule has 0 radical (unpaired) electrons. The highest BCUT2D eigenvalue weighted by molar-refractivity contribution is 8.04. The van der Waals surface area contributed by atoms with Crippen LogP contribution in [0.4, 0.5) is 0 Å². The van der Waals surface area contributed by atoms with Gasteiger partial charge in [0.25, 0.3) is 0 Å². The van der Waals surface area contributed by atoms with Gasteiger partial charge in [0.2, 0.25) is 5.78 Å². The van der Waals surface area contributed by atoms with Gasteiger partial charge in [-0.2, -0.15) is 0 Å². The van der Waals surface area contributed by atoms with E-state index in [-0.39, 0.29) is 5.78 Å². The molecule has 0 saturated carbocycles. The van der Waals surface area contributed by atoms with E-state index in [9.17, 15) is 4.79 Å². The Morgan fingerprint density at radius 2 is 1.63 bits per heavy atom. The first-order valence-corrected chi connectivity index (χ1v) is 6.91. The van der Waals surface area contributed by atoms with Crippen molar-refractivity contribution in [2.45, 2.75) is 4.90 Å². The van der Waals surface area contributed by atoms with Crippen molar-refractivity contribution in [3.8, 4) is 0 Å². The first-order chi connectivity index (χ1) is 9.34. The Balaban J connectivity index is 1.80. The van der Waals surface area contributed by atoms with Crippen LogP contribution in [0.3, 0.4) is 0 Å². The van der Waals surface area contributed by atoms with Crippen LogP contribution in [0, 0.1) is 0 Å². The predicted molar refractivity (Wildman–Crippen MR) is 80.2 cm³/mol. The zero-order chi connectivity index (χ0) is 13.1. The van der Waals surface area contributed by atoms with Crippen LogP contribution in [0.1, 0.15) is 15.9 Å². The van der Waals surface area contributed by atoms with Gasteiger partial charge < -0.3 is 0 Å². The van der Waals surface area contributed by atoms with Crippen LogP contribution in [0.25, 0.3) is 6.08 Å². The minimum absolute atomic E-state index is 0.123. The van der Waals surface area contributed by atoms with E-state index in [0.29, 0.717) is 0 Å². The first-order valence-electron chi connectivity index (χ1n) is 6.09. The maximum absolute atomic E-state index is 12.1. The Bertz CT molecular complexity index is 669. The van der Waals surface area contributed by atoms with Crippen molar-refractivity contribution < 1.29 is 4.79 Å². The van der Waals surface area contributed by atoms with E-state index in [4.69, 9.17) is 0 Å². The summed E-state index contributed by atoms with van der Waals surface area (Å²) >= 11 is 1.54. The average molecular weight is 264 g/mol. The second-order valence-electron chi connectivity index (χ2n) is 4.23. The highest BCUT2D eigenvalue weighted by Gasteiger charge is 2.24. The number of Topliss-reactive ketones (excluding diaryl/α,β-unsaturated/α-hetero) is 1. The summed E-state index contributed by atoms with van der Waals surface area (Å²) in [5.41, 5.74) is 1.94. The van der Waals surface area contributed by atoms with Gasteiger partial charge in [-0.05, 0) is 23.8 Å². The van der Waals surface area contributed by atoms with Gasteiger partial charge in [-0.15, -0.1) is 0 Å². The molecule has 0 amide bonds. The third kappa shape index (κ3) is 2.54. The number of fused-ring (bicyclic) bond motifs is 1. The van der Waals surface area contributed by atoms with Crippen LogP contribution in [-0.2, 0) is 0 Å². The van der Waals surface area contributed by atoms with E-state index in [2.05, 4.69) is 0 Å². The molecule has 0 fully saturated rings. The molecule has 0 aromatic heterocycles. The fraction of sp³-hybridized carbons (Fsp3) is 0. The maximum Gasteiger partial charge on any atom is 0.200 e. The van der Waals surface area contributed by atoms with E-state index < -0.39 is 0 Å². The average Bonchev–Trinajstić information content (AvgIpc) is 2.78. The summed E-state index contributed by atoms with van der Waals surface area (Å²) in [4.78, 5) is 13.9. The third-order valence-corrected chi connectivity index (χ3v) is 4.03. The van der Waals surface area contributed by atoms with Gasteiger partial charge in [0.05, 0.1) is 4.91 Å². The molecule has 1 heterocycles. The van der Waals surface area contributed by atoms with E-state index in [1.807, 2.05) is 72.8 Å². The number of rotatable bonds is 2. The number of thioether (sulfide) groups is 1. The van der Waals surface area contributed by atoms with Gasteiger partial charge in [0, 0.05) is 10.5 Å². The SMILES string of the molecule is O=C1/C(=C/C=C/c2ccccc2)Sc2ccccc21. The molecule has 3 rings (SSSR count). The molecule has 2 aromatic rings. The number of hydrogen-bond donors (Lipinski definition) is 0. The first kappa shape index (κ1) is 12.0. The topological polar surface area (TPSA) is 17.1 Å². The molecular formula is C17H12OS. The lowest BCUT2D eigenvalue weighted by molar-refractivity contribution is 0.104. The lowest BCUT2D eigenvalue weighted by Crippen LogP contribution is -1.92. The standard InChI is InChI=1S/C17H12OS/c18-17-14-10-4-5-11-15(14)19-16(17)12-6-9-13-7-2-1-3-8-13/h1-12H/b9-6+,16-12-. The summed E-state index contributed by atoms with van der Waals surface area (Å²) in [5, 5.41) is 0. The van der Waals surface area contributed by atoms with Gasteiger partial charge in [0.1, 0.15) is 0 Å². The minimum atomic E-state index is 0.123. The summed E-state index contributed by atoms with van der Waals surface area (Å²) in [6.45, 7) is 0. The van der Waals surface area contributed by atoms with Gasteiger partial charge in [-0.25, -0.2) is 0 Å². The Hall–Kier alpha value is -2.06. The number of benzene rings is 2. The molecule has 0 spiro atoms. The number of carbonyl (C=O) groups excluding carboxylic acids is 1. The van der Waals surface area contributed by atoms with Crippen LogP contribution in [0.15, 0.2) is 76.5 Å². The number of allylic oxidation sites excluding steroid dienone is 3. The van der Waals surface area contributed by atoms with Gasteiger partial charge in [0.15, 0.2) is 0 Å². The zero-order valence-electron chi connectivity index (χ0n) is 10.2.